The molecule has 0 aromatic heterocycles. The van der Waals surface area contributed by atoms with Gasteiger partial charge in [0.05, 0.1) is 21.2 Å². The molecule has 0 aliphatic carbocycles. The normalized spacial score (nSPS) is 11.7. The minimum Gasteiger partial charge on any atom is -0.455 e. The Bertz CT molecular complexity index is 1540. The van der Waals surface area contributed by atoms with Crippen molar-refractivity contribution in [2.75, 3.05) is 11.5 Å². The third-order valence-electron chi connectivity index (χ3n) is 5.02. The van der Waals surface area contributed by atoms with Crippen LogP contribution in [0.3, 0.4) is 0 Å². The lowest BCUT2D eigenvalue weighted by Gasteiger charge is -2.13. The second-order valence-electron chi connectivity index (χ2n) is 7.61. The third-order valence-corrected chi connectivity index (χ3v) is 6.72. The van der Waals surface area contributed by atoms with Crippen LogP contribution in [-0.2, 0) is 20.2 Å². The monoisotopic (exact) mass is 528 g/mol. The molecular weight excluding hydrogens is 508 g/mol. The van der Waals surface area contributed by atoms with Gasteiger partial charge in [-0.3, -0.25) is 9.11 Å². The summed E-state index contributed by atoms with van der Waals surface area (Å²) in [5.74, 6) is 0.767. The number of ether oxygens (including phenoxy) is 2. The summed E-state index contributed by atoms with van der Waals surface area (Å²) in [7, 11) is -8.82. The van der Waals surface area contributed by atoms with Crippen LogP contribution in [0.1, 0.15) is 0 Å². The molecule has 0 aliphatic heterocycles. The van der Waals surface area contributed by atoms with Crippen molar-refractivity contribution < 1.29 is 35.4 Å². The highest BCUT2D eigenvalue weighted by atomic mass is 32.2. The third kappa shape index (κ3) is 5.75. The molecule has 0 heterocycles. The maximum absolute atomic E-state index is 11.4. The van der Waals surface area contributed by atoms with E-state index in [2.05, 4.69) is 0 Å². The van der Waals surface area contributed by atoms with Crippen LogP contribution < -0.4 is 20.9 Å². The Morgan fingerprint density at radius 2 is 0.944 bits per heavy atom. The van der Waals surface area contributed by atoms with Crippen molar-refractivity contribution in [3.63, 3.8) is 0 Å². The molecule has 0 saturated carbocycles. The van der Waals surface area contributed by atoms with Gasteiger partial charge in [0.2, 0.25) is 0 Å². The maximum atomic E-state index is 11.4. The topological polar surface area (TPSA) is 179 Å². The van der Waals surface area contributed by atoms with Gasteiger partial charge in [-0.05, 0) is 59.7 Å². The van der Waals surface area contributed by atoms with Crippen molar-refractivity contribution in [1.29, 1.82) is 0 Å². The zero-order valence-corrected chi connectivity index (χ0v) is 20.0. The molecule has 186 valence electrons. The summed E-state index contributed by atoms with van der Waals surface area (Å²) in [5, 5.41) is 0. The highest BCUT2D eigenvalue weighted by Crippen LogP contribution is 2.37. The Hall–Kier alpha value is -4.10. The van der Waals surface area contributed by atoms with Crippen LogP contribution in [-0.4, -0.2) is 25.9 Å². The average Bonchev–Trinajstić information content (AvgIpc) is 2.81. The SMILES string of the molecule is Nc1ccc(-c2ccc(N)c(Oc3cccc(S(=O)(=O)O)c3)c2)cc1Oc1cccc(S(=O)(=O)O)c1. The Labute approximate surface area is 207 Å². The summed E-state index contributed by atoms with van der Waals surface area (Å²) in [5.41, 5.74) is 13.9. The molecule has 4 aromatic rings. The Balaban J connectivity index is 1.65. The van der Waals surface area contributed by atoms with Gasteiger partial charge in [-0.2, -0.15) is 16.8 Å². The molecule has 4 rings (SSSR count). The molecule has 0 atom stereocenters. The van der Waals surface area contributed by atoms with Crippen LogP contribution in [0, 0.1) is 0 Å². The molecule has 4 aromatic carbocycles. The van der Waals surface area contributed by atoms with E-state index in [1.165, 1.54) is 36.4 Å². The number of rotatable bonds is 7. The molecule has 0 aliphatic rings. The van der Waals surface area contributed by atoms with Crippen molar-refractivity contribution in [1.82, 2.24) is 0 Å². The van der Waals surface area contributed by atoms with E-state index >= 15 is 0 Å². The van der Waals surface area contributed by atoms with E-state index in [1.54, 1.807) is 36.4 Å². The fourth-order valence-corrected chi connectivity index (χ4v) is 4.29. The predicted octanol–water partition coefficient (Wildman–Crippen LogP) is 4.60. The first kappa shape index (κ1) is 25.0. The van der Waals surface area contributed by atoms with Gasteiger partial charge in [0, 0.05) is 12.1 Å². The number of nitrogens with two attached hydrogens (primary N) is 2. The van der Waals surface area contributed by atoms with Gasteiger partial charge in [-0.1, -0.05) is 24.3 Å². The average molecular weight is 529 g/mol. The maximum Gasteiger partial charge on any atom is 0.294 e. The highest BCUT2D eigenvalue weighted by molar-refractivity contribution is 7.86. The van der Waals surface area contributed by atoms with Gasteiger partial charge in [0.1, 0.15) is 11.5 Å². The van der Waals surface area contributed by atoms with Gasteiger partial charge in [0.15, 0.2) is 11.5 Å². The Morgan fingerprint density at radius 1 is 0.556 bits per heavy atom. The number of hydrogen-bond acceptors (Lipinski definition) is 8. The van der Waals surface area contributed by atoms with Gasteiger partial charge in [0.25, 0.3) is 20.2 Å². The molecule has 0 radical (unpaired) electrons. The van der Waals surface area contributed by atoms with E-state index in [-0.39, 0.29) is 44.2 Å². The fourth-order valence-electron chi connectivity index (χ4n) is 3.25. The largest absolute Gasteiger partial charge is 0.455 e. The highest BCUT2D eigenvalue weighted by Gasteiger charge is 2.14. The van der Waals surface area contributed by atoms with E-state index in [0.29, 0.717) is 11.1 Å². The molecule has 0 unspecified atom stereocenters. The van der Waals surface area contributed by atoms with Crippen molar-refractivity contribution in [3.8, 4) is 34.1 Å². The zero-order valence-electron chi connectivity index (χ0n) is 18.4. The van der Waals surface area contributed by atoms with Crippen LogP contribution in [0.4, 0.5) is 11.4 Å². The number of nitrogen functional groups attached to an aromatic ring is 2. The molecule has 0 fully saturated rings. The second kappa shape index (κ2) is 9.51. The standard InChI is InChI=1S/C24H20N2O8S2/c25-21-9-7-15(11-23(21)33-17-3-1-5-19(13-17)35(27,28)29)16-8-10-22(26)24(12-16)34-18-4-2-6-20(14-18)36(30,31)32/h1-14H,25-26H2,(H,27,28,29)(H,30,31,32). The van der Waals surface area contributed by atoms with Gasteiger partial charge >= 0.3 is 0 Å². The second-order valence-corrected chi connectivity index (χ2v) is 10.5. The molecule has 0 bridgehead atoms. The van der Waals surface area contributed by atoms with Crippen LogP contribution in [0.2, 0.25) is 0 Å². The van der Waals surface area contributed by atoms with Gasteiger partial charge in [-0.25, -0.2) is 0 Å². The van der Waals surface area contributed by atoms with E-state index in [0.717, 1.165) is 12.1 Å². The summed E-state index contributed by atoms with van der Waals surface area (Å²) in [6.07, 6.45) is 0. The van der Waals surface area contributed by atoms with Crippen molar-refractivity contribution in [3.05, 3.63) is 84.9 Å². The number of hydrogen-bond donors (Lipinski definition) is 4. The molecular formula is C24H20N2O8S2. The molecule has 0 saturated heterocycles. The molecule has 0 spiro atoms. The number of benzene rings is 4. The van der Waals surface area contributed by atoms with E-state index in [1.807, 2.05) is 0 Å². The smallest absolute Gasteiger partial charge is 0.294 e. The van der Waals surface area contributed by atoms with Crippen LogP contribution in [0.25, 0.3) is 11.1 Å². The first-order chi connectivity index (χ1) is 16.9. The van der Waals surface area contributed by atoms with E-state index < -0.39 is 20.2 Å². The first-order valence-corrected chi connectivity index (χ1v) is 13.1. The zero-order chi connectivity index (χ0) is 26.1. The minimum absolute atomic E-state index is 0.147. The quantitative estimate of drug-likeness (QED) is 0.196. The Kier molecular flexibility index (Phi) is 6.61. The summed E-state index contributed by atoms with van der Waals surface area (Å²) in [6, 6.07) is 20.5. The lowest BCUT2D eigenvalue weighted by molar-refractivity contribution is 0.472. The van der Waals surface area contributed by atoms with Crippen LogP contribution in [0.15, 0.2) is 94.7 Å². The molecule has 12 heteroatoms. The predicted molar refractivity (Wildman–Crippen MR) is 133 cm³/mol. The first-order valence-electron chi connectivity index (χ1n) is 10.2. The van der Waals surface area contributed by atoms with Crippen LogP contribution in [0.5, 0.6) is 23.0 Å². The van der Waals surface area contributed by atoms with Crippen molar-refractivity contribution in [2.45, 2.75) is 9.79 Å². The molecule has 6 N–H and O–H groups in total. The number of anilines is 2. The molecule has 10 nitrogen and oxygen atoms in total. The summed E-state index contributed by atoms with van der Waals surface area (Å²) < 4.78 is 75.7. The van der Waals surface area contributed by atoms with Crippen molar-refractivity contribution in [2.24, 2.45) is 0 Å². The molecule has 36 heavy (non-hydrogen) atoms. The fraction of sp³-hybridized carbons (Fsp3) is 0. The lowest BCUT2D eigenvalue weighted by atomic mass is 10.0. The summed E-state index contributed by atoms with van der Waals surface area (Å²) in [4.78, 5) is -0.652. The molecule has 0 amide bonds. The minimum atomic E-state index is -4.41. The summed E-state index contributed by atoms with van der Waals surface area (Å²) in [6.45, 7) is 0. The van der Waals surface area contributed by atoms with Crippen molar-refractivity contribution >= 4 is 31.6 Å². The van der Waals surface area contributed by atoms with Gasteiger partial charge < -0.3 is 20.9 Å². The van der Waals surface area contributed by atoms with E-state index in [4.69, 9.17) is 20.9 Å². The summed E-state index contributed by atoms with van der Waals surface area (Å²) >= 11 is 0. The van der Waals surface area contributed by atoms with Gasteiger partial charge in [-0.15, -0.1) is 0 Å². The van der Waals surface area contributed by atoms with E-state index in [9.17, 15) is 25.9 Å². The Morgan fingerprint density at radius 3 is 1.31 bits per heavy atom. The van der Waals surface area contributed by atoms with Crippen LogP contribution >= 0.6 is 0 Å². The lowest BCUT2D eigenvalue weighted by Crippen LogP contribution is -1.99.